The second-order valence-corrected chi connectivity index (χ2v) is 2.89. The van der Waals surface area contributed by atoms with Gasteiger partial charge in [0.25, 0.3) is 0 Å². The van der Waals surface area contributed by atoms with Gasteiger partial charge in [0.05, 0.1) is 0 Å². The van der Waals surface area contributed by atoms with Crippen LogP contribution in [0.2, 0.25) is 0 Å². The van der Waals surface area contributed by atoms with Crippen LogP contribution in [0.5, 0.6) is 0 Å². The van der Waals surface area contributed by atoms with Crippen LogP contribution in [0.1, 0.15) is 25.5 Å². The van der Waals surface area contributed by atoms with Crippen molar-refractivity contribution < 1.29 is 9.41 Å². The summed E-state index contributed by atoms with van der Waals surface area (Å²) in [6.45, 7) is 3.80. The minimum absolute atomic E-state index is 0.110. The molecule has 0 aliphatic rings. The Morgan fingerprint density at radius 1 is 1.50 bits per heavy atom. The van der Waals surface area contributed by atoms with Gasteiger partial charge in [-0.25, -0.2) is 4.98 Å². The summed E-state index contributed by atoms with van der Waals surface area (Å²) >= 11 is 0. The molecule has 0 amide bonds. The molecule has 1 rings (SSSR count). The van der Waals surface area contributed by atoms with Gasteiger partial charge in [-0.15, -0.1) is 0 Å². The zero-order valence-electron chi connectivity index (χ0n) is 7.08. The highest BCUT2D eigenvalue weighted by Crippen LogP contribution is 2.08. The Balaban J connectivity index is 3.12. The predicted molar refractivity (Wildman–Crippen MR) is 45.9 cm³/mol. The summed E-state index contributed by atoms with van der Waals surface area (Å²) in [4.78, 5) is 3.69. The second kappa shape index (κ2) is 3.67. The Hall–Kier alpha value is -0.895. The molecule has 63 valence electrons. The fraction of sp³-hybridized carbons (Fsp3) is 0.375. The normalized spacial score (nSPS) is 10.4. The Labute approximate surface area is 71.7 Å². The lowest BCUT2D eigenvalue weighted by Gasteiger charge is -2.08. The molecule has 2 nitrogen and oxygen atoms in total. The first-order chi connectivity index (χ1) is 5.65. The van der Waals surface area contributed by atoms with Gasteiger partial charge in [-0.1, -0.05) is 19.9 Å². The summed E-state index contributed by atoms with van der Waals surface area (Å²) < 4.78 is 12.6. The molecule has 0 saturated carbocycles. The van der Waals surface area contributed by atoms with Gasteiger partial charge in [0.15, 0.2) is 0 Å². The van der Waals surface area contributed by atoms with Crippen molar-refractivity contribution in [2.45, 2.75) is 19.8 Å². The molecule has 0 saturated heterocycles. The third-order valence-electron chi connectivity index (χ3n) is 1.61. The van der Waals surface area contributed by atoms with Crippen molar-refractivity contribution in [2.75, 3.05) is 0 Å². The Morgan fingerprint density at radius 2 is 2.17 bits per heavy atom. The van der Waals surface area contributed by atoms with Crippen LogP contribution >= 0.6 is 0 Å². The minimum atomic E-state index is -0.510. The van der Waals surface area contributed by atoms with Gasteiger partial charge in [0.1, 0.15) is 0 Å². The van der Waals surface area contributed by atoms with Crippen molar-refractivity contribution >= 4 is 12.9 Å². The van der Waals surface area contributed by atoms with E-state index in [0.717, 1.165) is 7.48 Å². The van der Waals surface area contributed by atoms with Crippen LogP contribution in [-0.4, -0.2) is 17.5 Å². The van der Waals surface area contributed by atoms with Crippen molar-refractivity contribution in [3.8, 4) is 0 Å². The fourth-order valence-corrected chi connectivity index (χ4v) is 1.03. The number of aromatic nitrogens is 1. The largest absolute Gasteiger partial charge is 0.450 e. The van der Waals surface area contributed by atoms with Crippen molar-refractivity contribution in [1.82, 2.24) is 4.98 Å². The molecule has 1 heterocycles. The number of hydrogen-bond donors (Lipinski definition) is 1. The first-order valence-electron chi connectivity index (χ1n) is 3.79. The Morgan fingerprint density at radius 3 is 2.67 bits per heavy atom. The van der Waals surface area contributed by atoms with E-state index in [1.807, 2.05) is 13.8 Å². The highest BCUT2D eigenvalue weighted by Gasteiger charge is 2.09. The zero-order chi connectivity index (χ0) is 9.14. The third kappa shape index (κ3) is 1.82. The molecule has 0 aromatic carbocycles. The average molecular weight is 166 g/mol. The lowest BCUT2D eigenvalue weighted by molar-refractivity contribution is 0.571. The molecule has 0 aliphatic carbocycles. The van der Waals surface area contributed by atoms with Crippen LogP contribution in [0.4, 0.5) is 4.39 Å². The molecule has 1 aromatic heterocycles. The topological polar surface area (TPSA) is 33.1 Å². The van der Waals surface area contributed by atoms with Crippen LogP contribution in [-0.2, 0) is 0 Å². The summed E-state index contributed by atoms with van der Waals surface area (Å²) in [5.74, 6) is -0.400. The predicted octanol–water partition coefficient (Wildman–Crippen LogP) is 0.581. The van der Waals surface area contributed by atoms with E-state index >= 15 is 0 Å². The van der Waals surface area contributed by atoms with Gasteiger partial charge in [-0.3, -0.25) is 0 Å². The van der Waals surface area contributed by atoms with E-state index in [9.17, 15) is 4.39 Å². The zero-order valence-corrected chi connectivity index (χ0v) is 7.08. The van der Waals surface area contributed by atoms with Gasteiger partial charge in [-0.2, -0.15) is 4.39 Å². The number of hydrogen-bond acceptors (Lipinski definition) is 2. The minimum Gasteiger partial charge on any atom is -0.450 e. The standard InChI is InChI=1S/C8H10BFNO/c1-5(2)8-6(9-12)3-4-7(10)11-8/h3-5,12H,1-2H3. The van der Waals surface area contributed by atoms with E-state index < -0.39 is 5.95 Å². The van der Waals surface area contributed by atoms with Crippen molar-refractivity contribution in [1.29, 1.82) is 0 Å². The van der Waals surface area contributed by atoms with Gasteiger partial charge in [0, 0.05) is 5.69 Å². The van der Waals surface area contributed by atoms with Crippen LogP contribution in [0.3, 0.4) is 0 Å². The number of halogens is 1. The smallest absolute Gasteiger partial charge is 0.328 e. The average Bonchev–Trinajstić information content (AvgIpc) is 2.04. The van der Waals surface area contributed by atoms with Crippen LogP contribution in [0.15, 0.2) is 12.1 Å². The molecule has 0 fully saturated rings. The molecule has 0 spiro atoms. The van der Waals surface area contributed by atoms with E-state index in [0.29, 0.717) is 11.2 Å². The summed E-state index contributed by atoms with van der Waals surface area (Å²) in [6, 6.07) is 2.74. The molecule has 1 N–H and O–H groups in total. The molecule has 0 bridgehead atoms. The summed E-state index contributed by atoms with van der Waals surface area (Å²) in [5.41, 5.74) is 1.16. The van der Waals surface area contributed by atoms with Crippen molar-refractivity contribution in [3.63, 3.8) is 0 Å². The van der Waals surface area contributed by atoms with Crippen molar-refractivity contribution in [2.24, 2.45) is 0 Å². The lowest BCUT2D eigenvalue weighted by Crippen LogP contribution is -2.22. The molecule has 0 aliphatic heterocycles. The van der Waals surface area contributed by atoms with Crippen LogP contribution in [0, 0.1) is 5.95 Å². The molecular weight excluding hydrogens is 156 g/mol. The highest BCUT2D eigenvalue weighted by molar-refractivity contribution is 6.46. The van der Waals surface area contributed by atoms with Gasteiger partial charge < -0.3 is 5.02 Å². The maximum Gasteiger partial charge on any atom is 0.328 e. The first-order valence-corrected chi connectivity index (χ1v) is 3.79. The molecule has 0 atom stereocenters. The van der Waals surface area contributed by atoms with Crippen LogP contribution in [0.25, 0.3) is 0 Å². The van der Waals surface area contributed by atoms with E-state index in [1.165, 1.54) is 12.1 Å². The van der Waals surface area contributed by atoms with Gasteiger partial charge in [-0.05, 0) is 17.4 Å². The fourth-order valence-electron chi connectivity index (χ4n) is 1.03. The highest BCUT2D eigenvalue weighted by atomic mass is 19.1. The molecule has 0 unspecified atom stereocenters. The Kier molecular flexibility index (Phi) is 2.81. The van der Waals surface area contributed by atoms with E-state index in [-0.39, 0.29) is 5.92 Å². The molecule has 1 aromatic rings. The molecular formula is C8H10BFNO. The van der Waals surface area contributed by atoms with E-state index in [4.69, 9.17) is 5.02 Å². The molecule has 12 heavy (non-hydrogen) atoms. The van der Waals surface area contributed by atoms with Gasteiger partial charge >= 0.3 is 7.48 Å². The maximum absolute atomic E-state index is 12.6. The summed E-state index contributed by atoms with van der Waals surface area (Å²) in [7, 11) is 0.946. The molecule has 4 heteroatoms. The van der Waals surface area contributed by atoms with E-state index in [2.05, 4.69) is 4.98 Å². The summed E-state index contributed by atoms with van der Waals surface area (Å²) in [6.07, 6.45) is 0. The number of rotatable bonds is 2. The first kappa shape index (κ1) is 9.19. The Bertz CT molecular complexity index is 278. The maximum atomic E-state index is 12.6. The van der Waals surface area contributed by atoms with Crippen LogP contribution < -0.4 is 5.46 Å². The quantitative estimate of drug-likeness (QED) is 0.514. The monoisotopic (exact) mass is 166 g/mol. The lowest BCUT2D eigenvalue weighted by atomic mass is 9.84. The van der Waals surface area contributed by atoms with Crippen molar-refractivity contribution in [3.05, 3.63) is 23.8 Å². The third-order valence-corrected chi connectivity index (χ3v) is 1.61. The number of nitrogens with zero attached hydrogens (tertiary/aromatic N) is 1. The second-order valence-electron chi connectivity index (χ2n) is 2.89. The molecule has 1 radical (unpaired) electrons. The van der Waals surface area contributed by atoms with E-state index in [1.54, 1.807) is 0 Å². The van der Waals surface area contributed by atoms with Gasteiger partial charge in [0.2, 0.25) is 5.95 Å². The SMILES string of the molecule is CC(C)c1nc(F)ccc1[B]O. The summed E-state index contributed by atoms with van der Waals surface area (Å²) in [5, 5.41) is 8.77. The number of pyridine rings is 1.